The minimum absolute atomic E-state index is 0.0403. The molecule has 6 rings (SSSR count). The van der Waals surface area contributed by atoms with Gasteiger partial charge in [0.05, 0.1) is 9.33 Å². The molecular formula is C16H18F2O8S3. The van der Waals surface area contributed by atoms with Gasteiger partial charge in [0, 0.05) is 0 Å². The van der Waals surface area contributed by atoms with Crippen molar-refractivity contribution < 1.29 is 45.9 Å². The number of hydrogen-bond acceptors (Lipinski definition) is 9. The third-order valence-corrected chi connectivity index (χ3v) is 12.0. The Hall–Kier alpha value is -0.630. The second-order valence-corrected chi connectivity index (χ2v) is 13.2. The largest absolute Gasteiger partial charge is 0.465 e. The summed E-state index contributed by atoms with van der Waals surface area (Å²) < 4.78 is 67.5. The van der Waals surface area contributed by atoms with E-state index in [1.807, 2.05) is 0 Å². The zero-order valence-corrected chi connectivity index (χ0v) is 17.3. The number of alkyl halides is 2. The van der Waals surface area contributed by atoms with Crippen LogP contribution >= 0.6 is 23.5 Å². The van der Waals surface area contributed by atoms with Crippen molar-refractivity contribution >= 4 is 45.6 Å². The zero-order chi connectivity index (χ0) is 21.0. The van der Waals surface area contributed by atoms with Crippen molar-refractivity contribution in [2.75, 3.05) is 0 Å². The fourth-order valence-corrected chi connectivity index (χ4v) is 10.5. The predicted molar refractivity (Wildman–Crippen MR) is 96.5 cm³/mol. The summed E-state index contributed by atoms with van der Waals surface area (Å²) in [7, 11) is -5.93. The summed E-state index contributed by atoms with van der Waals surface area (Å²) in [6.07, 6.45) is 1.32. The minimum Gasteiger partial charge on any atom is -0.454 e. The molecule has 4 saturated carbocycles. The monoisotopic (exact) mass is 472 g/mol. The molecule has 2 heterocycles. The fourth-order valence-electron chi connectivity index (χ4n) is 5.94. The van der Waals surface area contributed by atoms with Crippen LogP contribution in [0.2, 0.25) is 0 Å². The van der Waals surface area contributed by atoms with Crippen LogP contribution in [0, 0.1) is 17.8 Å². The minimum atomic E-state index is -5.93. The van der Waals surface area contributed by atoms with E-state index >= 15 is 0 Å². The number of rotatable bonds is 3. The molecule has 6 aliphatic rings. The summed E-state index contributed by atoms with van der Waals surface area (Å²) in [6.45, 7) is 0. The normalized spacial score (nSPS) is 48.1. The Labute approximate surface area is 173 Å². The molecular weight excluding hydrogens is 454 g/mol. The van der Waals surface area contributed by atoms with Crippen molar-refractivity contribution in [3.05, 3.63) is 0 Å². The van der Waals surface area contributed by atoms with Gasteiger partial charge < -0.3 is 14.6 Å². The molecule has 2 N–H and O–H groups in total. The first kappa shape index (κ1) is 20.3. The highest BCUT2D eigenvalue weighted by Gasteiger charge is 2.71. The number of esters is 2. The maximum Gasteiger partial charge on any atom is 0.465 e. The molecule has 2 aliphatic heterocycles. The van der Waals surface area contributed by atoms with Gasteiger partial charge in [-0.25, -0.2) is 4.79 Å². The zero-order valence-electron chi connectivity index (χ0n) is 14.8. The fraction of sp³-hybridized carbons (Fsp3) is 0.875. The van der Waals surface area contributed by atoms with Gasteiger partial charge in [0.25, 0.3) is 0 Å². The molecule has 4 bridgehead atoms. The maximum atomic E-state index is 13.7. The highest BCUT2D eigenvalue weighted by molar-refractivity contribution is 8.22. The van der Waals surface area contributed by atoms with Gasteiger partial charge in [-0.1, -0.05) is 0 Å². The number of halogens is 2. The Balaban J connectivity index is 1.40. The molecule has 0 amide bonds. The van der Waals surface area contributed by atoms with Crippen LogP contribution in [0.1, 0.15) is 32.1 Å². The van der Waals surface area contributed by atoms with Gasteiger partial charge in [-0.05, 0) is 49.9 Å². The predicted octanol–water partition coefficient (Wildman–Crippen LogP) is 1.38. The average Bonchev–Trinajstić information content (AvgIpc) is 3.10. The Morgan fingerprint density at radius 2 is 1.83 bits per heavy atom. The van der Waals surface area contributed by atoms with E-state index < -0.39 is 53.8 Å². The van der Waals surface area contributed by atoms with Gasteiger partial charge in [-0.15, -0.1) is 23.5 Å². The Morgan fingerprint density at radius 3 is 2.38 bits per heavy atom. The number of carbonyl (C=O) groups is 2. The number of fused-ring (bicyclic) bond motifs is 1. The number of ether oxygens (including phenoxy) is 2. The van der Waals surface area contributed by atoms with Crippen molar-refractivity contribution in [1.29, 1.82) is 0 Å². The number of hydrogen-bond donors (Lipinski definition) is 2. The molecule has 2 saturated heterocycles. The van der Waals surface area contributed by atoms with Gasteiger partial charge >= 0.3 is 27.3 Å². The van der Waals surface area contributed by atoms with Crippen LogP contribution in [0.15, 0.2) is 0 Å². The second-order valence-electron chi connectivity index (χ2n) is 8.58. The lowest BCUT2D eigenvalue weighted by molar-refractivity contribution is -0.201. The van der Waals surface area contributed by atoms with Crippen LogP contribution in [0.5, 0.6) is 0 Å². The summed E-state index contributed by atoms with van der Waals surface area (Å²) in [5.41, 5.74) is -1.20. The van der Waals surface area contributed by atoms with Gasteiger partial charge in [0.1, 0.15) is 10.9 Å². The van der Waals surface area contributed by atoms with E-state index in [1.165, 1.54) is 23.5 Å². The van der Waals surface area contributed by atoms with Crippen LogP contribution in [0.3, 0.4) is 0 Å². The van der Waals surface area contributed by atoms with Crippen molar-refractivity contribution in [3.63, 3.8) is 0 Å². The Bertz CT molecular complexity index is 877. The van der Waals surface area contributed by atoms with E-state index in [0.29, 0.717) is 6.42 Å². The lowest BCUT2D eigenvalue weighted by Gasteiger charge is -2.63. The smallest absolute Gasteiger partial charge is 0.454 e. The first-order valence-corrected chi connectivity index (χ1v) is 12.4. The molecule has 6 fully saturated rings. The number of aliphatic hydroxyl groups excluding tert-OH is 1. The maximum absolute atomic E-state index is 13.7. The van der Waals surface area contributed by atoms with Crippen LogP contribution in [0.25, 0.3) is 0 Å². The standard InChI is InChI=1S/C16H18F2O8S3/c17-16(18,29(22,23)24)13(21)26-14-3-6-1-7(4-14)15(8(2-6)5-14)27-9-10(28-15)12(20)25-11(9)19/h6-11,19H,1-5H2,(H,22,23,24). The number of carbonyl (C=O) groups excluding carboxylic acids is 2. The molecule has 0 aromatic rings. The number of thioether (sulfide) groups is 2. The highest BCUT2D eigenvalue weighted by Crippen LogP contribution is 2.73. The molecule has 29 heavy (non-hydrogen) atoms. The molecule has 0 aromatic carbocycles. The van der Waals surface area contributed by atoms with Gasteiger partial charge in [0.2, 0.25) is 6.29 Å². The van der Waals surface area contributed by atoms with Crippen LogP contribution in [-0.4, -0.2) is 61.7 Å². The molecule has 5 atom stereocenters. The van der Waals surface area contributed by atoms with Crippen molar-refractivity contribution in [1.82, 2.24) is 0 Å². The number of cyclic esters (lactones) is 1. The highest BCUT2D eigenvalue weighted by atomic mass is 32.2. The van der Waals surface area contributed by atoms with Gasteiger partial charge in [0.15, 0.2) is 0 Å². The van der Waals surface area contributed by atoms with Crippen LogP contribution in [0.4, 0.5) is 8.78 Å². The lowest BCUT2D eigenvalue weighted by Crippen LogP contribution is -2.62. The quantitative estimate of drug-likeness (QED) is 0.459. The average molecular weight is 473 g/mol. The summed E-state index contributed by atoms with van der Waals surface area (Å²) >= 11 is 2.96. The van der Waals surface area contributed by atoms with Gasteiger partial charge in [-0.2, -0.15) is 17.2 Å². The summed E-state index contributed by atoms with van der Waals surface area (Å²) in [4.78, 5) is 24.0. The topological polar surface area (TPSA) is 127 Å². The van der Waals surface area contributed by atoms with Crippen LogP contribution < -0.4 is 0 Å². The van der Waals surface area contributed by atoms with Crippen molar-refractivity contribution in [2.24, 2.45) is 17.8 Å². The molecule has 1 spiro atoms. The third-order valence-electron chi connectivity index (χ3n) is 6.82. The SMILES string of the molecule is O=C1OC(O)C2SC3(SC12)C1CC2CC3CC(OC(=O)C(F)(F)S(=O)(=O)O)(C2)C1. The Kier molecular flexibility index (Phi) is 4.19. The van der Waals surface area contributed by atoms with E-state index in [0.717, 1.165) is 12.8 Å². The van der Waals surface area contributed by atoms with E-state index in [9.17, 15) is 31.9 Å². The Morgan fingerprint density at radius 1 is 1.21 bits per heavy atom. The molecule has 162 valence electrons. The van der Waals surface area contributed by atoms with Gasteiger partial charge in [-0.3, -0.25) is 9.35 Å². The number of aliphatic hydroxyl groups is 1. The van der Waals surface area contributed by atoms with E-state index in [2.05, 4.69) is 0 Å². The first-order chi connectivity index (χ1) is 13.4. The second kappa shape index (κ2) is 5.99. The molecule has 5 unspecified atom stereocenters. The van der Waals surface area contributed by atoms with Crippen molar-refractivity contribution in [2.45, 2.75) is 63.8 Å². The molecule has 13 heteroatoms. The molecule has 8 nitrogen and oxygen atoms in total. The first-order valence-electron chi connectivity index (χ1n) is 9.19. The molecule has 4 aliphatic carbocycles. The summed E-state index contributed by atoms with van der Waals surface area (Å²) in [6, 6.07) is 0. The summed E-state index contributed by atoms with van der Waals surface area (Å²) in [5, 5.41) is 4.13. The van der Waals surface area contributed by atoms with Crippen molar-refractivity contribution in [3.8, 4) is 0 Å². The van der Waals surface area contributed by atoms with E-state index in [-0.39, 0.29) is 30.6 Å². The third kappa shape index (κ3) is 2.73. The van der Waals surface area contributed by atoms with E-state index in [4.69, 9.17) is 14.0 Å². The lowest BCUT2D eigenvalue weighted by atomic mass is 9.53. The van der Waals surface area contributed by atoms with Crippen LogP contribution in [-0.2, 0) is 29.2 Å². The summed E-state index contributed by atoms with van der Waals surface area (Å²) in [5.74, 6) is -2.65. The van der Waals surface area contributed by atoms with E-state index in [1.54, 1.807) is 0 Å². The molecule has 0 aromatic heterocycles. The molecule has 0 radical (unpaired) electrons.